The molecular weight excluding hydrogens is 232 g/mol. The molecule has 3 N–H and O–H groups in total. The van der Waals surface area contributed by atoms with E-state index in [0.29, 0.717) is 24.5 Å². The van der Waals surface area contributed by atoms with Gasteiger partial charge in [-0.05, 0) is 6.42 Å². The van der Waals surface area contributed by atoms with Crippen molar-refractivity contribution in [2.75, 3.05) is 18.1 Å². The molecule has 0 rings (SSSR count). The fourth-order valence-corrected chi connectivity index (χ4v) is 1.96. The monoisotopic (exact) mass is 250 g/mol. The number of nitrogens with two attached hydrogens (primary N) is 1. The molecule has 0 radical (unpaired) electrons. The van der Waals surface area contributed by atoms with Gasteiger partial charge in [0.2, 0.25) is 5.91 Å². The van der Waals surface area contributed by atoms with Crippen molar-refractivity contribution in [1.82, 2.24) is 5.32 Å². The second-order valence-electron chi connectivity index (χ2n) is 3.09. The van der Waals surface area contributed by atoms with Crippen LogP contribution in [0.4, 0.5) is 0 Å². The lowest BCUT2D eigenvalue weighted by Crippen LogP contribution is -2.39. The Labute approximate surface area is 98.4 Å². The van der Waals surface area contributed by atoms with Crippen molar-refractivity contribution in [2.24, 2.45) is 11.7 Å². The molecule has 0 spiro atoms. The van der Waals surface area contributed by atoms with E-state index in [0.717, 1.165) is 0 Å². The van der Waals surface area contributed by atoms with Crippen LogP contribution >= 0.6 is 12.2 Å². The molecule has 6 heteroatoms. The van der Waals surface area contributed by atoms with Crippen LogP contribution in [0, 0.1) is 5.92 Å². The molecule has 4 nitrogen and oxygen atoms in total. The van der Waals surface area contributed by atoms with E-state index in [1.54, 1.807) is 0 Å². The molecule has 0 saturated carbocycles. The number of carbonyl (C=O) groups excluding carboxylic acids is 1. The largest absolute Gasteiger partial charge is 0.393 e. The van der Waals surface area contributed by atoms with Crippen LogP contribution in [0.2, 0.25) is 0 Å². The van der Waals surface area contributed by atoms with Crippen molar-refractivity contribution in [2.45, 2.75) is 20.3 Å². The standard InChI is InChI=1S/C9H18N2O2S2/c1-3-7(8(10)14)9(12)11-5-6-15(13)4-2/h7H,3-6H2,1-2H3,(H2,10,14)(H,11,12). The Morgan fingerprint density at radius 1 is 1.53 bits per heavy atom. The highest BCUT2D eigenvalue weighted by molar-refractivity contribution is 7.84. The van der Waals surface area contributed by atoms with Gasteiger partial charge in [-0.3, -0.25) is 9.00 Å². The number of hydrogen-bond acceptors (Lipinski definition) is 3. The maximum atomic E-state index is 11.5. The first kappa shape index (κ1) is 14.5. The molecule has 0 aliphatic carbocycles. The van der Waals surface area contributed by atoms with E-state index in [9.17, 15) is 9.00 Å². The Morgan fingerprint density at radius 2 is 2.13 bits per heavy atom. The average Bonchev–Trinajstić information content (AvgIpc) is 2.17. The number of rotatable bonds is 7. The zero-order chi connectivity index (χ0) is 11.8. The summed E-state index contributed by atoms with van der Waals surface area (Å²) in [6.07, 6.45) is 0.595. The second kappa shape index (κ2) is 7.76. The predicted molar refractivity (Wildman–Crippen MR) is 67.1 cm³/mol. The normalized spacial score (nSPS) is 14.3. The topological polar surface area (TPSA) is 72.2 Å². The Kier molecular flexibility index (Phi) is 7.50. The van der Waals surface area contributed by atoms with Gasteiger partial charge in [-0.25, -0.2) is 0 Å². The Morgan fingerprint density at radius 3 is 2.53 bits per heavy atom. The highest BCUT2D eigenvalue weighted by atomic mass is 32.2. The summed E-state index contributed by atoms with van der Waals surface area (Å²) in [7, 11) is -0.848. The third kappa shape index (κ3) is 5.84. The molecule has 0 aromatic rings. The van der Waals surface area contributed by atoms with Crippen LogP contribution < -0.4 is 11.1 Å². The summed E-state index contributed by atoms with van der Waals surface area (Å²) in [6, 6.07) is 0. The van der Waals surface area contributed by atoms with Crippen LogP contribution in [0.3, 0.4) is 0 Å². The molecule has 2 atom stereocenters. The summed E-state index contributed by atoms with van der Waals surface area (Å²) in [5.41, 5.74) is 5.42. The van der Waals surface area contributed by atoms with Crippen molar-refractivity contribution in [1.29, 1.82) is 0 Å². The number of amides is 1. The zero-order valence-electron chi connectivity index (χ0n) is 9.12. The lowest BCUT2D eigenvalue weighted by molar-refractivity contribution is -0.122. The summed E-state index contributed by atoms with van der Waals surface area (Å²) in [5.74, 6) is 0.520. The molecule has 0 fully saturated rings. The Bertz CT molecular complexity index is 256. The molecule has 0 saturated heterocycles. The van der Waals surface area contributed by atoms with Gasteiger partial charge in [-0.1, -0.05) is 26.1 Å². The van der Waals surface area contributed by atoms with E-state index in [2.05, 4.69) is 5.32 Å². The van der Waals surface area contributed by atoms with Crippen molar-refractivity contribution in [3.8, 4) is 0 Å². The molecule has 2 unspecified atom stereocenters. The maximum absolute atomic E-state index is 11.5. The van der Waals surface area contributed by atoms with Gasteiger partial charge in [0.25, 0.3) is 0 Å². The highest BCUT2D eigenvalue weighted by Crippen LogP contribution is 2.02. The van der Waals surface area contributed by atoms with Crippen LogP contribution in [-0.2, 0) is 15.6 Å². The lowest BCUT2D eigenvalue weighted by atomic mass is 10.1. The van der Waals surface area contributed by atoms with E-state index in [1.807, 2.05) is 13.8 Å². The van der Waals surface area contributed by atoms with Gasteiger partial charge in [0.05, 0.1) is 10.9 Å². The fourth-order valence-electron chi connectivity index (χ4n) is 1.07. The Balaban J connectivity index is 3.92. The van der Waals surface area contributed by atoms with Crippen LogP contribution in [-0.4, -0.2) is 33.2 Å². The third-order valence-electron chi connectivity index (χ3n) is 2.02. The van der Waals surface area contributed by atoms with Crippen LogP contribution in [0.25, 0.3) is 0 Å². The molecule has 0 heterocycles. The highest BCUT2D eigenvalue weighted by Gasteiger charge is 2.18. The van der Waals surface area contributed by atoms with E-state index in [-0.39, 0.29) is 10.9 Å². The molecule has 0 bridgehead atoms. The SMILES string of the molecule is CCC(C(=O)NCCS(=O)CC)C(N)=S. The maximum Gasteiger partial charge on any atom is 0.229 e. The molecular formula is C9H18N2O2S2. The van der Waals surface area contributed by atoms with Gasteiger partial charge >= 0.3 is 0 Å². The van der Waals surface area contributed by atoms with Crippen molar-refractivity contribution >= 4 is 33.9 Å². The molecule has 0 aliphatic heterocycles. The van der Waals surface area contributed by atoms with Gasteiger partial charge < -0.3 is 11.1 Å². The van der Waals surface area contributed by atoms with Crippen molar-refractivity contribution in [3.63, 3.8) is 0 Å². The summed E-state index contributed by atoms with van der Waals surface area (Å²) >= 11 is 4.77. The molecule has 15 heavy (non-hydrogen) atoms. The average molecular weight is 250 g/mol. The summed E-state index contributed by atoms with van der Waals surface area (Å²) in [5, 5.41) is 2.68. The number of hydrogen-bond donors (Lipinski definition) is 2. The first-order chi connectivity index (χ1) is 7.02. The molecule has 0 aromatic carbocycles. The van der Waals surface area contributed by atoms with E-state index in [1.165, 1.54) is 0 Å². The Hall–Kier alpha value is -0.490. The first-order valence-corrected chi connectivity index (χ1v) is 6.84. The molecule has 88 valence electrons. The minimum absolute atomic E-state index is 0.168. The third-order valence-corrected chi connectivity index (χ3v) is 3.61. The van der Waals surface area contributed by atoms with Gasteiger partial charge in [0, 0.05) is 28.9 Å². The van der Waals surface area contributed by atoms with Gasteiger partial charge in [-0.2, -0.15) is 0 Å². The minimum atomic E-state index is -0.848. The van der Waals surface area contributed by atoms with E-state index >= 15 is 0 Å². The predicted octanol–water partition coefficient (Wildman–Crippen LogP) is 0.184. The second-order valence-corrected chi connectivity index (χ2v) is 5.42. The quantitative estimate of drug-likeness (QED) is 0.632. The first-order valence-electron chi connectivity index (χ1n) is 4.94. The lowest BCUT2D eigenvalue weighted by Gasteiger charge is -2.12. The summed E-state index contributed by atoms with van der Waals surface area (Å²) < 4.78 is 11.1. The fraction of sp³-hybridized carbons (Fsp3) is 0.778. The van der Waals surface area contributed by atoms with Crippen LogP contribution in [0.1, 0.15) is 20.3 Å². The number of nitrogens with one attached hydrogen (secondary N) is 1. The summed E-state index contributed by atoms with van der Waals surface area (Å²) in [6.45, 7) is 4.12. The van der Waals surface area contributed by atoms with E-state index in [4.69, 9.17) is 18.0 Å². The molecule has 0 aromatic heterocycles. The van der Waals surface area contributed by atoms with E-state index < -0.39 is 16.7 Å². The number of thiocarbonyl (C=S) groups is 1. The smallest absolute Gasteiger partial charge is 0.229 e. The van der Waals surface area contributed by atoms with Crippen molar-refractivity contribution < 1.29 is 9.00 Å². The van der Waals surface area contributed by atoms with Gasteiger partial charge in [0.1, 0.15) is 0 Å². The summed E-state index contributed by atoms with van der Waals surface area (Å²) in [4.78, 5) is 11.7. The van der Waals surface area contributed by atoms with Crippen LogP contribution in [0.15, 0.2) is 0 Å². The van der Waals surface area contributed by atoms with Crippen LogP contribution in [0.5, 0.6) is 0 Å². The number of carbonyl (C=O) groups is 1. The van der Waals surface area contributed by atoms with Gasteiger partial charge in [-0.15, -0.1) is 0 Å². The minimum Gasteiger partial charge on any atom is -0.393 e. The van der Waals surface area contributed by atoms with Crippen molar-refractivity contribution in [3.05, 3.63) is 0 Å². The van der Waals surface area contributed by atoms with Gasteiger partial charge in [0.15, 0.2) is 0 Å². The molecule has 1 amide bonds. The zero-order valence-corrected chi connectivity index (χ0v) is 10.7. The molecule has 0 aliphatic rings.